The van der Waals surface area contributed by atoms with Gasteiger partial charge in [-0.15, -0.1) is 0 Å². The van der Waals surface area contributed by atoms with Crippen LogP contribution in [0, 0.1) is 0 Å². The van der Waals surface area contributed by atoms with Crippen LogP contribution in [0.4, 0.5) is 0 Å². The second-order valence-electron chi connectivity index (χ2n) is 4.30. The summed E-state index contributed by atoms with van der Waals surface area (Å²) in [6.07, 6.45) is 4.69. The first-order chi connectivity index (χ1) is 9.54. The molecule has 0 unspecified atom stereocenters. The first-order valence-corrected chi connectivity index (χ1v) is 6.05. The van der Waals surface area contributed by atoms with Crippen LogP contribution < -0.4 is 5.32 Å². The highest BCUT2D eigenvalue weighted by Gasteiger charge is 2.07. The Bertz CT molecular complexity index is 616. The van der Waals surface area contributed by atoms with Gasteiger partial charge in [-0.2, -0.15) is 10.2 Å². The topological polar surface area (TPSA) is 102 Å². The van der Waals surface area contributed by atoms with Gasteiger partial charge in [0, 0.05) is 32.4 Å². The predicted molar refractivity (Wildman–Crippen MR) is 68.9 cm³/mol. The van der Waals surface area contributed by atoms with Gasteiger partial charge in [0.25, 0.3) is 0 Å². The van der Waals surface area contributed by atoms with Gasteiger partial charge < -0.3 is 10.4 Å². The highest BCUT2D eigenvalue weighted by Crippen LogP contribution is 1.99. The van der Waals surface area contributed by atoms with Crippen LogP contribution in [-0.4, -0.2) is 36.5 Å². The molecule has 0 atom stereocenters. The number of amides is 1. The SMILES string of the molecule is Cn1ccc(CNC(=O)CCn2cc(C(=O)O)cn2)n1. The highest BCUT2D eigenvalue weighted by atomic mass is 16.4. The molecule has 0 aliphatic rings. The second kappa shape index (κ2) is 6.00. The van der Waals surface area contributed by atoms with Crippen molar-refractivity contribution in [3.63, 3.8) is 0 Å². The van der Waals surface area contributed by atoms with Crippen LogP contribution in [0.25, 0.3) is 0 Å². The Hall–Kier alpha value is -2.64. The molecule has 2 aromatic rings. The van der Waals surface area contributed by atoms with Crippen molar-refractivity contribution in [2.24, 2.45) is 7.05 Å². The zero-order valence-electron chi connectivity index (χ0n) is 11.0. The van der Waals surface area contributed by atoms with Crippen molar-refractivity contribution in [1.82, 2.24) is 24.9 Å². The number of carboxylic acids is 1. The molecule has 0 saturated carbocycles. The van der Waals surface area contributed by atoms with E-state index in [9.17, 15) is 9.59 Å². The number of rotatable bonds is 6. The van der Waals surface area contributed by atoms with Gasteiger partial charge in [-0.3, -0.25) is 14.2 Å². The second-order valence-corrected chi connectivity index (χ2v) is 4.30. The number of aromatic nitrogens is 4. The largest absolute Gasteiger partial charge is 0.478 e. The quantitative estimate of drug-likeness (QED) is 0.775. The van der Waals surface area contributed by atoms with Crippen molar-refractivity contribution in [2.75, 3.05) is 0 Å². The smallest absolute Gasteiger partial charge is 0.338 e. The van der Waals surface area contributed by atoms with Gasteiger partial charge in [0.1, 0.15) is 0 Å². The molecule has 0 saturated heterocycles. The van der Waals surface area contributed by atoms with Gasteiger partial charge >= 0.3 is 5.97 Å². The average molecular weight is 277 g/mol. The molecule has 0 spiro atoms. The summed E-state index contributed by atoms with van der Waals surface area (Å²) >= 11 is 0. The lowest BCUT2D eigenvalue weighted by Gasteiger charge is -2.03. The third-order valence-corrected chi connectivity index (χ3v) is 2.68. The third kappa shape index (κ3) is 3.67. The number of carbonyl (C=O) groups excluding carboxylic acids is 1. The Balaban J connectivity index is 1.75. The van der Waals surface area contributed by atoms with Gasteiger partial charge in [0.2, 0.25) is 5.91 Å². The molecule has 8 heteroatoms. The van der Waals surface area contributed by atoms with Crippen LogP contribution in [0.15, 0.2) is 24.7 Å². The van der Waals surface area contributed by atoms with Gasteiger partial charge in [-0.25, -0.2) is 4.79 Å². The first kappa shape index (κ1) is 13.8. The number of aromatic carboxylic acids is 1. The lowest BCUT2D eigenvalue weighted by molar-refractivity contribution is -0.121. The lowest BCUT2D eigenvalue weighted by Crippen LogP contribution is -2.24. The number of carbonyl (C=O) groups is 2. The van der Waals surface area contributed by atoms with E-state index >= 15 is 0 Å². The van der Waals surface area contributed by atoms with Crippen molar-refractivity contribution in [3.05, 3.63) is 35.9 Å². The standard InChI is InChI=1S/C12H15N5O3/c1-16-4-2-10(15-16)7-13-11(18)3-5-17-8-9(6-14-17)12(19)20/h2,4,6,8H,3,5,7H2,1H3,(H,13,18)(H,19,20). The minimum atomic E-state index is -1.03. The molecule has 20 heavy (non-hydrogen) atoms. The van der Waals surface area contributed by atoms with Crippen LogP contribution in [-0.2, 0) is 24.9 Å². The number of carboxylic acid groups (broad SMARTS) is 1. The van der Waals surface area contributed by atoms with Crippen LogP contribution in [0.2, 0.25) is 0 Å². The molecule has 0 aromatic carbocycles. The molecule has 1 amide bonds. The summed E-state index contributed by atoms with van der Waals surface area (Å²) in [5, 5.41) is 19.5. The molecule has 0 radical (unpaired) electrons. The maximum Gasteiger partial charge on any atom is 0.338 e. The number of nitrogens with zero attached hydrogens (tertiary/aromatic N) is 4. The average Bonchev–Trinajstić information content (AvgIpc) is 3.03. The summed E-state index contributed by atoms with van der Waals surface area (Å²) in [4.78, 5) is 22.3. The first-order valence-electron chi connectivity index (χ1n) is 6.05. The van der Waals surface area contributed by atoms with Crippen LogP contribution >= 0.6 is 0 Å². The van der Waals surface area contributed by atoms with E-state index < -0.39 is 5.97 Å². The molecule has 2 aromatic heterocycles. The lowest BCUT2D eigenvalue weighted by atomic mass is 10.3. The van der Waals surface area contributed by atoms with E-state index in [1.54, 1.807) is 10.9 Å². The fourth-order valence-corrected chi connectivity index (χ4v) is 1.65. The number of hydrogen-bond acceptors (Lipinski definition) is 4. The molecule has 8 nitrogen and oxygen atoms in total. The zero-order chi connectivity index (χ0) is 14.5. The van der Waals surface area contributed by atoms with Crippen molar-refractivity contribution in [2.45, 2.75) is 19.5 Å². The highest BCUT2D eigenvalue weighted by molar-refractivity contribution is 5.86. The number of aryl methyl sites for hydroxylation is 2. The Kier molecular flexibility index (Phi) is 4.14. The summed E-state index contributed by atoms with van der Waals surface area (Å²) in [6.45, 7) is 0.709. The van der Waals surface area contributed by atoms with E-state index in [2.05, 4.69) is 15.5 Å². The van der Waals surface area contributed by atoms with Gasteiger partial charge in [-0.1, -0.05) is 0 Å². The monoisotopic (exact) mass is 277 g/mol. The molecule has 0 bridgehead atoms. The Morgan fingerprint density at radius 2 is 2.25 bits per heavy atom. The van der Waals surface area contributed by atoms with E-state index in [0.29, 0.717) is 13.1 Å². The number of nitrogens with one attached hydrogen (secondary N) is 1. The van der Waals surface area contributed by atoms with Gasteiger partial charge in [-0.05, 0) is 6.07 Å². The fourth-order valence-electron chi connectivity index (χ4n) is 1.65. The summed E-state index contributed by atoms with van der Waals surface area (Å²) in [5.41, 5.74) is 0.895. The van der Waals surface area contributed by atoms with E-state index in [4.69, 9.17) is 5.11 Å². The molecule has 0 aliphatic heterocycles. The molecule has 106 valence electrons. The van der Waals surface area contributed by atoms with E-state index in [1.807, 2.05) is 13.1 Å². The summed E-state index contributed by atoms with van der Waals surface area (Å²) in [6, 6.07) is 1.83. The number of hydrogen-bond donors (Lipinski definition) is 2. The Morgan fingerprint density at radius 3 is 2.85 bits per heavy atom. The van der Waals surface area contributed by atoms with Gasteiger partial charge in [0.15, 0.2) is 0 Å². The third-order valence-electron chi connectivity index (χ3n) is 2.68. The van der Waals surface area contributed by atoms with Crippen LogP contribution in [0.5, 0.6) is 0 Å². The normalized spacial score (nSPS) is 10.4. The molecular weight excluding hydrogens is 262 g/mol. The van der Waals surface area contributed by atoms with Crippen LogP contribution in [0.1, 0.15) is 22.5 Å². The van der Waals surface area contributed by atoms with Crippen molar-refractivity contribution in [3.8, 4) is 0 Å². The van der Waals surface area contributed by atoms with E-state index in [0.717, 1.165) is 5.69 Å². The van der Waals surface area contributed by atoms with Crippen molar-refractivity contribution in [1.29, 1.82) is 0 Å². The molecule has 2 heterocycles. The molecule has 0 aliphatic carbocycles. The zero-order valence-corrected chi connectivity index (χ0v) is 11.0. The maximum atomic E-state index is 11.6. The van der Waals surface area contributed by atoms with E-state index in [-0.39, 0.29) is 17.9 Å². The molecule has 0 fully saturated rings. The fraction of sp³-hybridized carbons (Fsp3) is 0.333. The minimum absolute atomic E-state index is 0.110. The maximum absolute atomic E-state index is 11.6. The Morgan fingerprint density at radius 1 is 1.45 bits per heavy atom. The molecule has 2 rings (SSSR count). The van der Waals surface area contributed by atoms with Crippen LogP contribution in [0.3, 0.4) is 0 Å². The summed E-state index contributed by atoms with van der Waals surface area (Å²) < 4.78 is 3.10. The Labute approximate surface area is 115 Å². The van der Waals surface area contributed by atoms with Gasteiger partial charge in [0.05, 0.1) is 24.0 Å². The summed E-state index contributed by atoms with van der Waals surface area (Å²) in [5.74, 6) is -1.17. The predicted octanol–water partition coefficient (Wildman–Crippen LogP) is 0.0213. The minimum Gasteiger partial charge on any atom is -0.478 e. The molecular formula is C12H15N5O3. The van der Waals surface area contributed by atoms with Crippen molar-refractivity contribution < 1.29 is 14.7 Å². The summed E-state index contributed by atoms with van der Waals surface area (Å²) in [7, 11) is 1.81. The van der Waals surface area contributed by atoms with E-state index in [1.165, 1.54) is 17.1 Å². The van der Waals surface area contributed by atoms with Crippen molar-refractivity contribution >= 4 is 11.9 Å². The molecule has 2 N–H and O–H groups in total.